The van der Waals surface area contributed by atoms with E-state index in [4.69, 9.17) is 4.74 Å². The molecule has 0 spiro atoms. The van der Waals surface area contributed by atoms with Crippen molar-refractivity contribution >= 4 is 34.0 Å². The van der Waals surface area contributed by atoms with Gasteiger partial charge in [0.15, 0.2) is 0 Å². The minimum atomic E-state index is -0.442. The Bertz CT molecular complexity index is 1340. The van der Waals surface area contributed by atoms with Gasteiger partial charge >= 0.3 is 5.97 Å². The van der Waals surface area contributed by atoms with E-state index in [-0.39, 0.29) is 5.91 Å². The molecule has 0 aliphatic heterocycles. The number of amides is 1. The summed E-state index contributed by atoms with van der Waals surface area (Å²) in [7, 11) is 0. The number of carbonyl (C=O) groups is 2. The standard InChI is InChI=1S/C27H22BrN3O3/c1-18-6-7-19(2)31(18)24-12-10-21(11-13-24)26(32)30-29-17-20-8-14-25(15-9-20)34-27(33)22-4-3-5-23(28)16-22/h3-17H,1-2H3,(H,30,32)/b29-17-. The highest BCUT2D eigenvalue weighted by atomic mass is 79.9. The van der Waals surface area contributed by atoms with Gasteiger partial charge in [0.25, 0.3) is 5.91 Å². The lowest BCUT2D eigenvalue weighted by molar-refractivity contribution is 0.0734. The molecule has 3 aromatic carbocycles. The smallest absolute Gasteiger partial charge is 0.343 e. The average molecular weight is 516 g/mol. The lowest BCUT2D eigenvalue weighted by Gasteiger charge is -2.10. The molecule has 0 atom stereocenters. The summed E-state index contributed by atoms with van der Waals surface area (Å²) >= 11 is 3.34. The molecule has 1 amide bonds. The number of nitrogens with one attached hydrogen (secondary N) is 1. The van der Waals surface area contributed by atoms with Gasteiger partial charge in [-0.15, -0.1) is 0 Å². The predicted octanol–water partition coefficient (Wildman–Crippen LogP) is 5.84. The van der Waals surface area contributed by atoms with Crippen LogP contribution in [0.4, 0.5) is 0 Å². The summed E-state index contributed by atoms with van der Waals surface area (Å²) in [4.78, 5) is 24.6. The van der Waals surface area contributed by atoms with E-state index in [2.05, 4.69) is 43.2 Å². The predicted molar refractivity (Wildman–Crippen MR) is 136 cm³/mol. The monoisotopic (exact) mass is 515 g/mol. The van der Waals surface area contributed by atoms with Crippen molar-refractivity contribution < 1.29 is 14.3 Å². The number of aromatic nitrogens is 1. The fourth-order valence-electron chi connectivity index (χ4n) is 3.47. The number of ether oxygens (including phenoxy) is 1. The summed E-state index contributed by atoms with van der Waals surface area (Å²) in [5, 5.41) is 4.02. The van der Waals surface area contributed by atoms with Crippen LogP contribution in [0.2, 0.25) is 0 Å². The number of carbonyl (C=O) groups excluding carboxylic acids is 2. The van der Waals surface area contributed by atoms with Crippen LogP contribution in [0, 0.1) is 13.8 Å². The van der Waals surface area contributed by atoms with E-state index in [0.29, 0.717) is 16.9 Å². The number of halogens is 1. The van der Waals surface area contributed by atoms with Gasteiger partial charge in [0, 0.05) is 27.1 Å². The quantitative estimate of drug-likeness (QED) is 0.152. The van der Waals surface area contributed by atoms with Crippen molar-refractivity contribution in [2.24, 2.45) is 5.10 Å². The van der Waals surface area contributed by atoms with Gasteiger partial charge in [-0.05, 0) is 98.3 Å². The molecule has 0 saturated heterocycles. The number of hydrogen-bond acceptors (Lipinski definition) is 4. The molecule has 1 N–H and O–H groups in total. The Labute approximate surface area is 206 Å². The SMILES string of the molecule is Cc1ccc(C)n1-c1ccc(C(=O)N/N=C\c2ccc(OC(=O)c3cccc(Br)c3)cc2)cc1. The largest absolute Gasteiger partial charge is 0.423 e. The maximum atomic E-state index is 12.4. The molecular weight excluding hydrogens is 494 g/mol. The number of aryl methyl sites for hydroxylation is 2. The molecular formula is C27H22BrN3O3. The van der Waals surface area contributed by atoms with Crippen LogP contribution in [0.1, 0.15) is 37.7 Å². The van der Waals surface area contributed by atoms with Crippen LogP contribution in [0.3, 0.4) is 0 Å². The van der Waals surface area contributed by atoms with E-state index in [9.17, 15) is 9.59 Å². The lowest BCUT2D eigenvalue weighted by atomic mass is 10.2. The third-order valence-corrected chi connectivity index (χ3v) is 5.68. The van der Waals surface area contributed by atoms with Crippen LogP contribution < -0.4 is 10.2 Å². The summed E-state index contributed by atoms with van der Waals surface area (Å²) in [6.45, 7) is 4.09. The maximum absolute atomic E-state index is 12.4. The first-order valence-corrected chi connectivity index (χ1v) is 11.4. The number of hydrogen-bond donors (Lipinski definition) is 1. The van der Waals surface area contributed by atoms with Crippen molar-refractivity contribution in [2.45, 2.75) is 13.8 Å². The Morgan fingerprint density at radius 3 is 2.21 bits per heavy atom. The average Bonchev–Trinajstić information content (AvgIpc) is 3.18. The Hall–Kier alpha value is -3.97. The number of hydrazone groups is 1. The highest BCUT2D eigenvalue weighted by Crippen LogP contribution is 2.18. The topological polar surface area (TPSA) is 72.7 Å². The van der Waals surface area contributed by atoms with Crippen LogP contribution in [0.25, 0.3) is 5.69 Å². The van der Waals surface area contributed by atoms with Crippen LogP contribution >= 0.6 is 15.9 Å². The highest BCUT2D eigenvalue weighted by Gasteiger charge is 2.09. The number of nitrogens with zero attached hydrogens (tertiary/aromatic N) is 2. The Balaban J connectivity index is 1.33. The normalized spacial score (nSPS) is 10.9. The van der Waals surface area contributed by atoms with Gasteiger partial charge < -0.3 is 9.30 Å². The molecule has 0 radical (unpaired) electrons. The van der Waals surface area contributed by atoms with Crippen molar-refractivity contribution in [2.75, 3.05) is 0 Å². The molecule has 0 fully saturated rings. The first-order valence-electron chi connectivity index (χ1n) is 10.6. The Morgan fingerprint density at radius 1 is 0.882 bits per heavy atom. The highest BCUT2D eigenvalue weighted by molar-refractivity contribution is 9.10. The van der Waals surface area contributed by atoms with Gasteiger partial charge in [0.2, 0.25) is 0 Å². The van der Waals surface area contributed by atoms with Crippen LogP contribution in [0.5, 0.6) is 5.75 Å². The van der Waals surface area contributed by atoms with Gasteiger partial charge in [-0.2, -0.15) is 5.10 Å². The molecule has 34 heavy (non-hydrogen) atoms. The summed E-state index contributed by atoms with van der Waals surface area (Å²) in [5.41, 5.74) is 7.51. The van der Waals surface area contributed by atoms with Crippen molar-refractivity contribution in [3.05, 3.63) is 117 Å². The molecule has 170 valence electrons. The third kappa shape index (κ3) is 5.50. The van der Waals surface area contributed by atoms with E-state index in [0.717, 1.165) is 27.1 Å². The van der Waals surface area contributed by atoms with Crippen molar-refractivity contribution in [1.29, 1.82) is 0 Å². The number of benzene rings is 3. The van der Waals surface area contributed by atoms with E-state index in [1.165, 1.54) is 6.21 Å². The Morgan fingerprint density at radius 2 is 1.56 bits per heavy atom. The van der Waals surface area contributed by atoms with Crippen molar-refractivity contribution in [1.82, 2.24) is 9.99 Å². The summed E-state index contributed by atoms with van der Waals surface area (Å²) < 4.78 is 8.31. The van der Waals surface area contributed by atoms with E-state index in [1.54, 1.807) is 54.6 Å². The molecule has 7 heteroatoms. The third-order valence-electron chi connectivity index (χ3n) is 5.19. The first kappa shape index (κ1) is 23.2. The lowest BCUT2D eigenvalue weighted by Crippen LogP contribution is -2.17. The number of rotatable bonds is 6. The minimum absolute atomic E-state index is 0.302. The minimum Gasteiger partial charge on any atom is -0.423 e. The van der Waals surface area contributed by atoms with Gasteiger partial charge in [0.05, 0.1) is 11.8 Å². The summed E-state index contributed by atoms with van der Waals surface area (Å²) in [6.07, 6.45) is 1.53. The van der Waals surface area contributed by atoms with Crippen LogP contribution in [0.15, 0.2) is 94.5 Å². The van der Waals surface area contributed by atoms with Gasteiger partial charge in [-0.1, -0.05) is 22.0 Å². The zero-order valence-corrected chi connectivity index (χ0v) is 20.2. The van der Waals surface area contributed by atoms with Gasteiger partial charge in [0.1, 0.15) is 5.75 Å². The zero-order chi connectivity index (χ0) is 24.1. The molecule has 6 nitrogen and oxygen atoms in total. The molecule has 1 aromatic heterocycles. The number of esters is 1. The fraction of sp³-hybridized carbons (Fsp3) is 0.0741. The van der Waals surface area contributed by atoms with E-state index >= 15 is 0 Å². The molecule has 0 unspecified atom stereocenters. The zero-order valence-electron chi connectivity index (χ0n) is 18.7. The first-order chi connectivity index (χ1) is 16.4. The maximum Gasteiger partial charge on any atom is 0.343 e. The van der Waals surface area contributed by atoms with Crippen LogP contribution in [-0.2, 0) is 0 Å². The van der Waals surface area contributed by atoms with Crippen molar-refractivity contribution in [3.63, 3.8) is 0 Å². The fourth-order valence-corrected chi connectivity index (χ4v) is 3.87. The molecule has 1 heterocycles. The van der Waals surface area contributed by atoms with Gasteiger partial charge in [-0.25, -0.2) is 10.2 Å². The molecule has 0 aliphatic rings. The van der Waals surface area contributed by atoms with E-state index in [1.807, 2.05) is 32.0 Å². The van der Waals surface area contributed by atoms with Crippen LogP contribution in [-0.4, -0.2) is 22.7 Å². The molecule has 0 bridgehead atoms. The second-order valence-corrected chi connectivity index (χ2v) is 8.58. The Kier molecular flexibility index (Phi) is 7.04. The summed E-state index contributed by atoms with van der Waals surface area (Å²) in [6, 6.07) is 25.3. The second-order valence-electron chi connectivity index (χ2n) is 7.67. The summed E-state index contributed by atoms with van der Waals surface area (Å²) in [5.74, 6) is -0.328. The molecule has 0 saturated carbocycles. The molecule has 4 rings (SSSR count). The second kappa shape index (κ2) is 10.3. The van der Waals surface area contributed by atoms with E-state index < -0.39 is 5.97 Å². The molecule has 0 aliphatic carbocycles. The molecule has 4 aromatic rings. The van der Waals surface area contributed by atoms with Crippen molar-refractivity contribution in [3.8, 4) is 11.4 Å². The van der Waals surface area contributed by atoms with Gasteiger partial charge in [-0.3, -0.25) is 4.79 Å².